The molecule has 0 atom stereocenters. The van der Waals surface area contributed by atoms with Gasteiger partial charge in [-0.05, 0) is 52.3 Å². The lowest BCUT2D eigenvalue weighted by Crippen LogP contribution is -2.01. The van der Waals surface area contributed by atoms with Crippen molar-refractivity contribution in [3.63, 3.8) is 0 Å². The monoisotopic (exact) mass is 313 g/mol. The maximum absolute atomic E-state index is 13.0. The van der Waals surface area contributed by atoms with Crippen molar-refractivity contribution in [2.45, 2.75) is 6.61 Å². The quantitative estimate of drug-likeness (QED) is 0.873. The predicted molar refractivity (Wildman–Crippen MR) is 69.2 cm³/mol. The molecule has 2 N–H and O–H groups in total. The minimum absolute atomic E-state index is 0.127. The Kier molecular flexibility index (Phi) is 3.81. The van der Waals surface area contributed by atoms with E-state index in [1.807, 2.05) is 0 Å². The number of nitrogen functional groups attached to an aromatic ring is 1. The van der Waals surface area contributed by atoms with Gasteiger partial charge in [-0.3, -0.25) is 0 Å². The van der Waals surface area contributed by atoms with Crippen LogP contribution in [0.4, 0.5) is 14.5 Å². The van der Waals surface area contributed by atoms with E-state index in [-0.39, 0.29) is 18.2 Å². The second kappa shape index (κ2) is 5.35. The third-order valence-electron chi connectivity index (χ3n) is 2.39. The van der Waals surface area contributed by atoms with Crippen LogP contribution in [0.2, 0.25) is 0 Å². The van der Waals surface area contributed by atoms with Gasteiger partial charge in [0.2, 0.25) is 0 Å². The summed E-state index contributed by atoms with van der Waals surface area (Å²) in [6, 6.07) is 8.37. The zero-order valence-corrected chi connectivity index (χ0v) is 10.9. The highest BCUT2D eigenvalue weighted by molar-refractivity contribution is 9.10. The van der Waals surface area contributed by atoms with Crippen molar-refractivity contribution in [2.24, 2.45) is 0 Å². The Bertz CT molecular complexity index is 575. The number of rotatable bonds is 3. The number of benzene rings is 2. The third-order valence-corrected chi connectivity index (χ3v) is 3.00. The highest BCUT2D eigenvalue weighted by Crippen LogP contribution is 2.23. The van der Waals surface area contributed by atoms with Crippen LogP contribution in [-0.2, 0) is 6.61 Å². The molecule has 0 unspecified atom stereocenters. The van der Waals surface area contributed by atoms with Gasteiger partial charge in [-0.1, -0.05) is 0 Å². The van der Waals surface area contributed by atoms with E-state index in [1.54, 1.807) is 0 Å². The Morgan fingerprint density at radius 1 is 1.11 bits per heavy atom. The molecule has 0 aromatic heterocycles. The Labute approximate surface area is 112 Å². The van der Waals surface area contributed by atoms with Gasteiger partial charge in [0.05, 0.1) is 4.47 Å². The predicted octanol–water partition coefficient (Wildman–Crippen LogP) is 3.89. The molecule has 18 heavy (non-hydrogen) atoms. The maximum atomic E-state index is 13.0. The molecule has 0 fully saturated rings. The van der Waals surface area contributed by atoms with Crippen LogP contribution in [0.1, 0.15) is 5.56 Å². The molecule has 0 heterocycles. The van der Waals surface area contributed by atoms with Crippen molar-refractivity contribution >= 4 is 21.6 Å². The van der Waals surface area contributed by atoms with Crippen LogP contribution in [0.15, 0.2) is 40.9 Å². The number of ether oxygens (including phenoxy) is 1. The second-order valence-electron chi connectivity index (χ2n) is 3.71. The molecule has 0 radical (unpaired) electrons. The molecular formula is C13H10BrF2NO. The summed E-state index contributed by atoms with van der Waals surface area (Å²) < 4.78 is 31.8. The van der Waals surface area contributed by atoms with Crippen molar-refractivity contribution in [3.8, 4) is 5.75 Å². The summed E-state index contributed by atoms with van der Waals surface area (Å²) in [6.07, 6.45) is 0. The summed E-state index contributed by atoms with van der Waals surface area (Å²) in [5.41, 5.74) is 6.70. The lowest BCUT2D eigenvalue weighted by atomic mass is 10.2. The molecule has 94 valence electrons. The Morgan fingerprint density at radius 3 is 2.61 bits per heavy atom. The molecule has 0 aliphatic carbocycles. The molecule has 5 heteroatoms. The van der Waals surface area contributed by atoms with Crippen LogP contribution in [0.5, 0.6) is 5.75 Å². The summed E-state index contributed by atoms with van der Waals surface area (Å²) in [6.45, 7) is 0.127. The molecule has 0 spiro atoms. The summed E-state index contributed by atoms with van der Waals surface area (Å²) >= 11 is 3.06. The van der Waals surface area contributed by atoms with E-state index in [2.05, 4.69) is 15.9 Å². The third kappa shape index (κ3) is 2.98. The van der Waals surface area contributed by atoms with Gasteiger partial charge in [-0.2, -0.15) is 0 Å². The summed E-state index contributed by atoms with van der Waals surface area (Å²) in [5, 5.41) is 0. The van der Waals surface area contributed by atoms with Gasteiger partial charge in [-0.25, -0.2) is 8.78 Å². The first kappa shape index (κ1) is 12.8. The Morgan fingerprint density at radius 2 is 1.89 bits per heavy atom. The summed E-state index contributed by atoms with van der Waals surface area (Å²) in [7, 11) is 0. The lowest BCUT2D eigenvalue weighted by molar-refractivity contribution is 0.305. The van der Waals surface area contributed by atoms with Crippen molar-refractivity contribution < 1.29 is 13.5 Å². The fourth-order valence-corrected chi connectivity index (χ4v) is 1.78. The molecule has 2 aromatic carbocycles. The van der Waals surface area contributed by atoms with Gasteiger partial charge in [0.15, 0.2) is 0 Å². The smallest absolute Gasteiger partial charge is 0.137 e. The molecule has 2 rings (SSSR count). The highest BCUT2D eigenvalue weighted by Gasteiger charge is 2.04. The normalized spacial score (nSPS) is 10.4. The molecule has 2 aromatic rings. The number of hydrogen-bond donors (Lipinski definition) is 1. The van der Waals surface area contributed by atoms with Crippen LogP contribution in [-0.4, -0.2) is 0 Å². The van der Waals surface area contributed by atoms with Crippen LogP contribution in [0, 0.1) is 11.6 Å². The van der Waals surface area contributed by atoms with Gasteiger partial charge < -0.3 is 10.5 Å². The molecule has 0 aliphatic heterocycles. The van der Waals surface area contributed by atoms with Crippen molar-refractivity contribution in [1.82, 2.24) is 0 Å². The Hall–Kier alpha value is -1.62. The fourth-order valence-electron chi connectivity index (χ4n) is 1.43. The second-order valence-corrected chi connectivity index (χ2v) is 4.56. The van der Waals surface area contributed by atoms with Crippen molar-refractivity contribution in [3.05, 3.63) is 58.1 Å². The standard InChI is InChI=1S/C13H10BrF2NO/c14-11-6-10(2-3-12(11)16)18-7-8-5-9(15)1-4-13(8)17/h1-6H,7,17H2. The van der Waals surface area contributed by atoms with E-state index < -0.39 is 0 Å². The number of hydrogen-bond acceptors (Lipinski definition) is 2. The molecule has 0 bridgehead atoms. The zero-order chi connectivity index (χ0) is 13.1. The molecule has 0 saturated heterocycles. The van der Waals surface area contributed by atoms with Gasteiger partial charge in [0, 0.05) is 11.3 Å². The van der Waals surface area contributed by atoms with E-state index in [0.717, 1.165) is 0 Å². The topological polar surface area (TPSA) is 35.2 Å². The van der Waals surface area contributed by atoms with Gasteiger partial charge in [0.1, 0.15) is 24.0 Å². The van der Waals surface area contributed by atoms with Crippen LogP contribution >= 0.6 is 15.9 Å². The fraction of sp³-hybridized carbons (Fsp3) is 0.0769. The SMILES string of the molecule is Nc1ccc(F)cc1COc1ccc(F)c(Br)c1. The average Bonchev–Trinajstić information content (AvgIpc) is 2.34. The van der Waals surface area contributed by atoms with E-state index in [1.165, 1.54) is 36.4 Å². The zero-order valence-electron chi connectivity index (χ0n) is 9.29. The molecular weight excluding hydrogens is 304 g/mol. The first-order valence-corrected chi connectivity index (χ1v) is 5.97. The molecule has 0 saturated carbocycles. The van der Waals surface area contributed by atoms with Gasteiger partial charge >= 0.3 is 0 Å². The minimum atomic E-state index is -0.372. The number of nitrogens with two attached hydrogens (primary N) is 1. The molecule has 2 nitrogen and oxygen atoms in total. The van der Waals surface area contributed by atoms with Crippen LogP contribution < -0.4 is 10.5 Å². The molecule has 0 amide bonds. The largest absolute Gasteiger partial charge is 0.489 e. The van der Waals surface area contributed by atoms with Gasteiger partial charge in [0.25, 0.3) is 0 Å². The van der Waals surface area contributed by atoms with E-state index >= 15 is 0 Å². The Balaban J connectivity index is 2.11. The van der Waals surface area contributed by atoms with Crippen LogP contribution in [0.3, 0.4) is 0 Å². The van der Waals surface area contributed by atoms with E-state index in [0.29, 0.717) is 21.5 Å². The minimum Gasteiger partial charge on any atom is -0.489 e. The summed E-state index contributed by atoms with van der Waals surface area (Å²) in [4.78, 5) is 0. The average molecular weight is 314 g/mol. The first-order valence-electron chi connectivity index (χ1n) is 5.18. The maximum Gasteiger partial charge on any atom is 0.137 e. The number of anilines is 1. The highest BCUT2D eigenvalue weighted by atomic mass is 79.9. The first-order chi connectivity index (χ1) is 8.56. The van der Waals surface area contributed by atoms with Crippen molar-refractivity contribution in [2.75, 3.05) is 5.73 Å². The van der Waals surface area contributed by atoms with Crippen molar-refractivity contribution in [1.29, 1.82) is 0 Å². The van der Waals surface area contributed by atoms with Gasteiger partial charge in [-0.15, -0.1) is 0 Å². The van der Waals surface area contributed by atoms with Crippen LogP contribution in [0.25, 0.3) is 0 Å². The number of halogens is 3. The summed E-state index contributed by atoms with van der Waals surface area (Å²) in [5.74, 6) is -0.261. The molecule has 0 aliphatic rings. The van der Waals surface area contributed by atoms with E-state index in [4.69, 9.17) is 10.5 Å². The lowest BCUT2D eigenvalue weighted by Gasteiger charge is -2.09. The van der Waals surface area contributed by atoms with E-state index in [9.17, 15) is 8.78 Å².